The summed E-state index contributed by atoms with van der Waals surface area (Å²) in [5.41, 5.74) is 1.02. The molecule has 1 unspecified atom stereocenters. The molecule has 0 saturated carbocycles. The summed E-state index contributed by atoms with van der Waals surface area (Å²) in [6, 6.07) is 18.4. The van der Waals surface area contributed by atoms with E-state index < -0.39 is 28.5 Å². The summed E-state index contributed by atoms with van der Waals surface area (Å²) in [7, 11) is -1.39. The number of nitrogens with zero attached hydrogens (tertiary/aromatic N) is 2. The number of hydrogen-bond acceptors (Lipinski definition) is 6. The quantitative estimate of drug-likeness (QED) is 0.335. The average Bonchev–Trinajstić information content (AvgIpc) is 2.94. The summed E-state index contributed by atoms with van der Waals surface area (Å²) in [4.78, 5) is 28.1. The fourth-order valence-corrected chi connectivity index (χ4v) is 5.56. The van der Waals surface area contributed by atoms with Gasteiger partial charge in [0.05, 0.1) is 24.8 Å². The summed E-state index contributed by atoms with van der Waals surface area (Å²) >= 11 is 6.03. The van der Waals surface area contributed by atoms with Gasteiger partial charge in [0.15, 0.2) is 11.5 Å². The Morgan fingerprint density at radius 3 is 2.10 bits per heavy atom. The smallest absolute Gasteiger partial charge is 0.264 e. The highest BCUT2D eigenvalue weighted by molar-refractivity contribution is 7.92. The van der Waals surface area contributed by atoms with Gasteiger partial charge in [0.25, 0.3) is 10.0 Å². The van der Waals surface area contributed by atoms with Crippen molar-refractivity contribution in [2.45, 2.75) is 44.3 Å². The molecule has 0 aliphatic rings. The third-order valence-corrected chi connectivity index (χ3v) is 8.15. The number of rotatable bonds is 12. The second kappa shape index (κ2) is 13.5. The van der Waals surface area contributed by atoms with Crippen LogP contribution in [-0.2, 0) is 26.2 Å². The SMILES string of the molecule is COc1ccc(S(=O)(=O)N(CC(=O)N(Cc2ccc(Cl)cc2)C(C)C(=O)NC(C)C)c2ccccc2)cc1OC. The van der Waals surface area contributed by atoms with E-state index in [1.165, 1.54) is 37.3 Å². The lowest BCUT2D eigenvalue weighted by molar-refractivity contribution is -0.139. The molecule has 3 aromatic carbocycles. The zero-order chi connectivity index (χ0) is 29.4. The van der Waals surface area contributed by atoms with Crippen molar-refractivity contribution < 1.29 is 27.5 Å². The number of anilines is 1. The molecule has 1 atom stereocenters. The third kappa shape index (κ3) is 7.45. The molecule has 0 bridgehead atoms. The minimum Gasteiger partial charge on any atom is -0.493 e. The molecule has 9 nitrogen and oxygen atoms in total. The first-order valence-electron chi connectivity index (χ1n) is 12.6. The Morgan fingerprint density at radius 2 is 1.52 bits per heavy atom. The van der Waals surface area contributed by atoms with Crippen molar-refractivity contribution in [3.8, 4) is 11.5 Å². The number of amides is 2. The summed E-state index contributed by atoms with van der Waals surface area (Å²) < 4.78 is 39.5. The van der Waals surface area contributed by atoms with E-state index in [0.29, 0.717) is 10.8 Å². The van der Waals surface area contributed by atoms with Crippen molar-refractivity contribution in [2.24, 2.45) is 0 Å². The summed E-state index contributed by atoms with van der Waals surface area (Å²) in [5, 5.41) is 3.36. The molecule has 1 N–H and O–H groups in total. The van der Waals surface area contributed by atoms with E-state index in [9.17, 15) is 18.0 Å². The van der Waals surface area contributed by atoms with Gasteiger partial charge < -0.3 is 19.7 Å². The molecule has 0 heterocycles. The van der Waals surface area contributed by atoms with E-state index in [4.69, 9.17) is 21.1 Å². The zero-order valence-electron chi connectivity index (χ0n) is 23.1. The number of methoxy groups -OCH3 is 2. The Labute approximate surface area is 240 Å². The first-order chi connectivity index (χ1) is 19.0. The molecule has 40 heavy (non-hydrogen) atoms. The summed E-state index contributed by atoms with van der Waals surface area (Å²) in [6.45, 7) is 4.78. The second-order valence-electron chi connectivity index (χ2n) is 9.35. The fraction of sp³-hybridized carbons (Fsp3) is 0.310. The number of para-hydroxylation sites is 1. The molecule has 11 heteroatoms. The Morgan fingerprint density at radius 1 is 0.900 bits per heavy atom. The van der Waals surface area contributed by atoms with Crippen LogP contribution in [0, 0.1) is 0 Å². The molecule has 0 aromatic heterocycles. The van der Waals surface area contributed by atoms with Crippen molar-refractivity contribution in [1.29, 1.82) is 0 Å². The summed E-state index contributed by atoms with van der Waals surface area (Å²) in [5.74, 6) is -0.324. The average molecular weight is 588 g/mol. The predicted molar refractivity (Wildman–Crippen MR) is 155 cm³/mol. The Balaban J connectivity index is 2.04. The number of benzene rings is 3. The fourth-order valence-electron chi connectivity index (χ4n) is 4.00. The minimum atomic E-state index is -4.25. The van der Waals surface area contributed by atoms with Gasteiger partial charge in [-0.05, 0) is 62.7 Å². The molecule has 0 aliphatic heterocycles. The van der Waals surface area contributed by atoms with Crippen LogP contribution >= 0.6 is 11.6 Å². The van der Waals surface area contributed by atoms with Crippen LogP contribution in [0.25, 0.3) is 0 Å². The Hall–Kier alpha value is -3.76. The van der Waals surface area contributed by atoms with Crippen molar-refractivity contribution in [3.63, 3.8) is 0 Å². The van der Waals surface area contributed by atoms with E-state index in [1.807, 2.05) is 13.8 Å². The molecule has 0 aliphatic carbocycles. The van der Waals surface area contributed by atoms with Gasteiger partial charge in [-0.3, -0.25) is 13.9 Å². The van der Waals surface area contributed by atoms with Crippen molar-refractivity contribution >= 4 is 39.1 Å². The second-order valence-corrected chi connectivity index (χ2v) is 11.7. The van der Waals surface area contributed by atoms with E-state index in [-0.39, 0.29) is 34.8 Å². The maximum absolute atomic E-state index is 14.0. The highest BCUT2D eigenvalue weighted by Crippen LogP contribution is 2.32. The maximum Gasteiger partial charge on any atom is 0.264 e. The Bertz CT molecular complexity index is 1420. The number of halogens is 1. The van der Waals surface area contributed by atoms with E-state index in [2.05, 4.69) is 5.32 Å². The lowest BCUT2D eigenvalue weighted by atomic mass is 10.1. The molecule has 0 saturated heterocycles. The largest absolute Gasteiger partial charge is 0.493 e. The minimum absolute atomic E-state index is 0.0712. The molecule has 0 spiro atoms. The first kappa shape index (κ1) is 30.8. The van der Waals surface area contributed by atoms with Crippen LogP contribution in [0.15, 0.2) is 77.7 Å². The number of carbonyl (C=O) groups excluding carboxylic acids is 2. The number of sulfonamides is 1. The van der Waals surface area contributed by atoms with Crippen LogP contribution in [0.4, 0.5) is 5.69 Å². The van der Waals surface area contributed by atoms with Crippen molar-refractivity contribution in [3.05, 3.63) is 83.4 Å². The van der Waals surface area contributed by atoms with Crippen LogP contribution in [-0.4, -0.2) is 58.0 Å². The van der Waals surface area contributed by atoms with Crippen LogP contribution in [0.3, 0.4) is 0 Å². The zero-order valence-corrected chi connectivity index (χ0v) is 24.7. The number of carbonyl (C=O) groups is 2. The van der Waals surface area contributed by atoms with Gasteiger partial charge in [0.2, 0.25) is 11.8 Å². The number of hydrogen-bond donors (Lipinski definition) is 1. The van der Waals surface area contributed by atoms with Crippen LogP contribution < -0.4 is 19.1 Å². The van der Waals surface area contributed by atoms with Gasteiger partial charge >= 0.3 is 0 Å². The van der Waals surface area contributed by atoms with E-state index >= 15 is 0 Å². The van der Waals surface area contributed by atoms with Gasteiger partial charge in [-0.15, -0.1) is 0 Å². The normalized spacial score (nSPS) is 12.0. The number of ether oxygens (including phenoxy) is 2. The summed E-state index contributed by atoms with van der Waals surface area (Å²) in [6.07, 6.45) is 0. The van der Waals surface area contributed by atoms with E-state index in [0.717, 1.165) is 9.87 Å². The molecule has 3 rings (SSSR count). The van der Waals surface area contributed by atoms with Gasteiger partial charge in [0, 0.05) is 23.7 Å². The highest BCUT2D eigenvalue weighted by Gasteiger charge is 2.33. The lowest BCUT2D eigenvalue weighted by Crippen LogP contribution is -2.52. The molecule has 3 aromatic rings. The molecule has 2 amide bonds. The van der Waals surface area contributed by atoms with Gasteiger partial charge in [0.1, 0.15) is 12.6 Å². The monoisotopic (exact) mass is 587 g/mol. The van der Waals surface area contributed by atoms with Gasteiger partial charge in [-0.2, -0.15) is 0 Å². The standard InChI is InChI=1S/C29H34ClN3O6S/c1-20(2)31-29(35)21(3)32(18-22-11-13-23(30)14-12-22)28(34)19-33(24-9-7-6-8-10-24)40(36,37)25-15-16-26(38-4)27(17-25)39-5/h6-17,20-21H,18-19H2,1-5H3,(H,31,35). The van der Waals surface area contributed by atoms with Crippen molar-refractivity contribution in [1.82, 2.24) is 10.2 Å². The van der Waals surface area contributed by atoms with Crippen molar-refractivity contribution in [2.75, 3.05) is 25.1 Å². The Kier molecular flexibility index (Phi) is 10.4. The lowest BCUT2D eigenvalue weighted by Gasteiger charge is -2.32. The molecule has 0 fully saturated rings. The maximum atomic E-state index is 14.0. The first-order valence-corrected chi connectivity index (χ1v) is 14.4. The predicted octanol–water partition coefficient (Wildman–Crippen LogP) is 4.49. The van der Waals surface area contributed by atoms with E-state index in [1.54, 1.807) is 61.5 Å². The van der Waals surface area contributed by atoms with Gasteiger partial charge in [-0.25, -0.2) is 8.42 Å². The van der Waals surface area contributed by atoms with Crippen LogP contribution in [0.2, 0.25) is 5.02 Å². The third-order valence-electron chi connectivity index (χ3n) is 6.13. The topological polar surface area (TPSA) is 105 Å². The molecular formula is C29H34ClN3O6S. The van der Waals surface area contributed by atoms with Gasteiger partial charge in [-0.1, -0.05) is 41.9 Å². The molecule has 214 valence electrons. The van der Waals surface area contributed by atoms with Crippen LogP contribution in [0.5, 0.6) is 11.5 Å². The molecule has 0 radical (unpaired) electrons. The number of nitrogens with one attached hydrogen (secondary N) is 1. The molecular weight excluding hydrogens is 554 g/mol. The highest BCUT2D eigenvalue weighted by atomic mass is 35.5. The van der Waals surface area contributed by atoms with Crippen LogP contribution in [0.1, 0.15) is 26.3 Å².